The fourth-order valence-electron chi connectivity index (χ4n) is 3.54. The number of hydrogen-bond acceptors (Lipinski definition) is 5. The summed E-state index contributed by atoms with van der Waals surface area (Å²) in [7, 11) is 3.96. The quantitative estimate of drug-likeness (QED) is 0.768. The van der Waals surface area contributed by atoms with Gasteiger partial charge in [0.1, 0.15) is 17.5 Å². The number of benzene rings is 1. The Morgan fingerprint density at radius 1 is 1.18 bits per heavy atom. The first-order valence-electron chi connectivity index (χ1n) is 9.74. The Bertz CT molecular complexity index is 818. The average Bonchev–Trinajstić information content (AvgIpc) is 2.66. The average molecular weight is 402 g/mol. The third-order valence-corrected chi connectivity index (χ3v) is 5.35. The summed E-state index contributed by atoms with van der Waals surface area (Å²) in [6, 6.07) is 9.45. The Morgan fingerprint density at radius 3 is 2.61 bits per heavy atom. The van der Waals surface area contributed by atoms with E-state index in [4.69, 9.17) is 11.6 Å². The van der Waals surface area contributed by atoms with Crippen molar-refractivity contribution in [3.05, 3.63) is 46.7 Å². The third kappa shape index (κ3) is 5.58. The van der Waals surface area contributed by atoms with Crippen LogP contribution in [0.5, 0.6) is 0 Å². The number of halogens is 1. The number of anilines is 2. The van der Waals surface area contributed by atoms with Gasteiger partial charge in [0.15, 0.2) is 0 Å². The highest BCUT2D eigenvalue weighted by molar-refractivity contribution is 6.30. The maximum absolute atomic E-state index is 12.3. The molecular weight excluding hydrogens is 374 g/mol. The van der Waals surface area contributed by atoms with Crippen LogP contribution in [0.4, 0.5) is 11.6 Å². The molecule has 1 aromatic carbocycles. The molecule has 1 aliphatic carbocycles. The second-order valence-electron chi connectivity index (χ2n) is 7.64. The van der Waals surface area contributed by atoms with Gasteiger partial charge >= 0.3 is 0 Å². The number of amides is 1. The van der Waals surface area contributed by atoms with Crippen molar-refractivity contribution >= 4 is 29.1 Å². The van der Waals surface area contributed by atoms with Gasteiger partial charge in [-0.1, -0.05) is 17.7 Å². The maximum Gasteiger partial charge on any atom is 0.251 e. The zero-order chi connectivity index (χ0) is 20.1. The maximum atomic E-state index is 12.3. The van der Waals surface area contributed by atoms with Gasteiger partial charge in [-0.05, 0) is 56.7 Å². The number of nitrogens with zero attached hydrogens (tertiary/aromatic N) is 3. The first kappa shape index (κ1) is 20.4. The summed E-state index contributed by atoms with van der Waals surface area (Å²) in [6.07, 6.45) is 4.30. The van der Waals surface area contributed by atoms with E-state index < -0.39 is 0 Å². The molecule has 0 unspecified atom stereocenters. The molecule has 1 fully saturated rings. The van der Waals surface area contributed by atoms with E-state index in [0.717, 1.165) is 43.1 Å². The van der Waals surface area contributed by atoms with Gasteiger partial charge in [0, 0.05) is 43.3 Å². The molecule has 1 saturated carbocycles. The van der Waals surface area contributed by atoms with E-state index in [1.54, 1.807) is 24.3 Å². The summed E-state index contributed by atoms with van der Waals surface area (Å²) in [6.45, 7) is 2.62. The predicted octanol–water partition coefficient (Wildman–Crippen LogP) is 3.91. The van der Waals surface area contributed by atoms with Gasteiger partial charge in [-0.3, -0.25) is 4.79 Å². The minimum absolute atomic E-state index is 0.0598. The van der Waals surface area contributed by atoms with Crippen LogP contribution < -0.4 is 15.5 Å². The highest BCUT2D eigenvalue weighted by atomic mass is 35.5. The van der Waals surface area contributed by atoms with Gasteiger partial charge < -0.3 is 15.5 Å². The second-order valence-corrected chi connectivity index (χ2v) is 8.07. The molecule has 2 aromatic rings. The molecule has 150 valence electrons. The van der Waals surface area contributed by atoms with E-state index in [-0.39, 0.29) is 5.91 Å². The molecule has 3 rings (SSSR count). The van der Waals surface area contributed by atoms with Crippen LogP contribution in [0.3, 0.4) is 0 Å². The summed E-state index contributed by atoms with van der Waals surface area (Å²) in [5.74, 6) is 3.01. The van der Waals surface area contributed by atoms with Crippen LogP contribution in [0.1, 0.15) is 41.9 Å². The Hall–Kier alpha value is -2.34. The van der Waals surface area contributed by atoms with Crippen molar-refractivity contribution < 1.29 is 4.79 Å². The molecule has 0 aliphatic heterocycles. The predicted molar refractivity (Wildman–Crippen MR) is 114 cm³/mol. The molecule has 28 heavy (non-hydrogen) atoms. The van der Waals surface area contributed by atoms with Gasteiger partial charge in [0.2, 0.25) is 0 Å². The lowest BCUT2D eigenvalue weighted by Crippen LogP contribution is -2.34. The van der Waals surface area contributed by atoms with E-state index in [1.807, 2.05) is 32.0 Å². The Morgan fingerprint density at radius 2 is 1.93 bits per heavy atom. The van der Waals surface area contributed by atoms with E-state index in [0.29, 0.717) is 29.1 Å². The summed E-state index contributed by atoms with van der Waals surface area (Å²) < 4.78 is 0. The van der Waals surface area contributed by atoms with Crippen LogP contribution in [0.15, 0.2) is 30.3 Å². The Balaban J connectivity index is 1.46. The summed E-state index contributed by atoms with van der Waals surface area (Å²) in [5.41, 5.74) is 0.610. The number of hydrogen-bond donors (Lipinski definition) is 2. The van der Waals surface area contributed by atoms with Crippen molar-refractivity contribution in [2.24, 2.45) is 5.92 Å². The van der Waals surface area contributed by atoms with Crippen molar-refractivity contribution in [1.29, 1.82) is 0 Å². The minimum Gasteiger partial charge on any atom is -0.367 e. The lowest BCUT2D eigenvalue weighted by molar-refractivity contribution is 0.0943. The van der Waals surface area contributed by atoms with Crippen molar-refractivity contribution in [3.8, 4) is 0 Å². The van der Waals surface area contributed by atoms with Crippen molar-refractivity contribution in [1.82, 2.24) is 15.3 Å². The summed E-state index contributed by atoms with van der Waals surface area (Å²) in [4.78, 5) is 23.2. The van der Waals surface area contributed by atoms with Crippen molar-refractivity contribution in [2.45, 2.75) is 38.6 Å². The monoisotopic (exact) mass is 401 g/mol. The SMILES string of the molecule is Cc1nc(NC2CCC(CNC(=O)c3cccc(Cl)c3)CC2)cc(N(C)C)n1. The van der Waals surface area contributed by atoms with E-state index in [1.165, 1.54) is 0 Å². The van der Waals surface area contributed by atoms with E-state index in [2.05, 4.69) is 20.6 Å². The van der Waals surface area contributed by atoms with Crippen LogP contribution in [0.2, 0.25) is 5.02 Å². The Kier molecular flexibility index (Phi) is 6.73. The number of rotatable bonds is 6. The highest BCUT2D eigenvalue weighted by Gasteiger charge is 2.22. The molecule has 1 heterocycles. The van der Waals surface area contributed by atoms with Gasteiger partial charge in [0.25, 0.3) is 5.91 Å². The first-order valence-corrected chi connectivity index (χ1v) is 10.1. The van der Waals surface area contributed by atoms with Gasteiger partial charge in [-0.2, -0.15) is 0 Å². The largest absolute Gasteiger partial charge is 0.367 e. The van der Waals surface area contributed by atoms with Gasteiger partial charge in [-0.25, -0.2) is 9.97 Å². The summed E-state index contributed by atoms with van der Waals surface area (Å²) >= 11 is 5.96. The van der Waals surface area contributed by atoms with Crippen LogP contribution in [0.25, 0.3) is 0 Å². The molecule has 2 N–H and O–H groups in total. The number of aryl methyl sites for hydroxylation is 1. The van der Waals surface area contributed by atoms with Crippen molar-refractivity contribution in [2.75, 3.05) is 30.9 Å². The highest BCUT2D eigenvalue weighted by Crippen LogP contribution is 2.26. The molecule has 0 atom stereocenters. The van der Waals surface area contributed by atoms with Crippen LogP contribution in [-0.4, -0.2) is 42.6 Å². The lowest BCUT2D eigenvalue weighted by Gasteiger charge is -2.29. The molecule has 7 heteroatoms. The molecule has 0 saturated heterocycles. The molecule has 1 amide bonds. The normalized spacial score (nSPS) is 19.1. The smallest absolute Gasteiger partial charge is 0.251 e. The number of carbonyl (C=O) groups is 1. The fraction of sp³-hybridized carbons (Fsp3) is 0.476. The van der Waals surface area contributed by atoms with Crippen LogP contribution in [0, 0.1) is 12.8 Å². The molecular formula is C21H28ClN5O. The Labute approximate surface area is 171 Å². The minimum atomic E-state index is -0.0598. The molecule has 6 nitrogen and oxygen atoms in total. The zero-order valence-corrected chi connectivity index (χ0v) is 17.5. The molecule has 0 radical (unpaired) electrons. The fourth-order valence-corrected chi connectivity index (χ4v) is 3.73. The van der Waals surface area contributed by atoms with Gasteiger partial charge in [-0.15, -0.1) is 0 Å². The van der Waals surface area contributed by atoms with E-state index in [9.17, 15) is 4.79 Å². The number of carbonyl (C=O) groups excluding carboxylic acids is 1. The standard InChI is InChI=1S/C21H28ClN5O/c1-14-24-19(12-20(25-14)27(2)3)26-18-9-7-15(8-10-18)13-23-21(28)16-5-4-6-17(22)11-16/h4-6,11-12,15,18H,7-10,13H2,1-3H3,(H,23,28)(H,24,25,26). The number of nitrogens with one attached hydrogen (secondary N) is 2. The van der Waals surface area contributed by atoms with Crippen LogP contribution >= 0.6 is 11.6 Å². The summed E-state index contributed by atoms with van der Waals surface area (Å²) in [5, 5.41) is 7.18. The van der Waals surface area contributed by atoms with Crippen LogP contribution in [-0.2, 0) is 0 Å². The number of aromatic nitrogens is 2. The molecule has 0 bridgehead atoms. The third-order valence-electron chi connectivity index (χ3n) is 5.12. The second kappa shape index (κ2) is 9.24. The van der Waals surface area contributed by atoms with Crippen molar-refractivity contribution in [3.63, 3.8) is 0 Å². The van der Waals surface area contributed by atoms with Gasteiger partial charge in [0.05, 0.1) is 0 Å². The molecule has 1 aromatic heterocycles. The molecule has 0 spiro atoms. The zero-order valence-electron chi connectivity index (χ0n) is 16.7. The first-order chi connectivity index (χ1) is 13.4. The van der Waals surface area contributed by atoms with E-state index >= 15 is 0 Å². The topological polar surface area (TPSA) is 70.2 Å². The lowest BCUT2D eigenvalue weighted by atomic mass is 9.86. The molecule has 1 aliphatic rings.